The highest BCUT2D eigenvalue weighted by molar-refractivity contribution is 6.00. The van der Waals surface area contributed by atoms with Gasteiger partial charge in [-0.05, 0) is 24.6 Å². The average molecular weight is 321 g/mol. The van der Waals surface area contributed by atoms with Crippen molar-refractivity contribution in [2.45, 2.75) is 31.3 Å². The summed E-state index contributed by atoms with van der Waals surface area (Å²) in [6, 6.07) is 19.0. The Morgan fingerprint density at radius 3 is 2.54 bits per heavy atom. The van der Waals surface area contributed by atoms with Crippen LogP contribution >= 0.6 is 0 Å². The third-order valence-electron chi connectivity index (χ3n) is 4.96. The molecule has 0 saturated carbocycles. The van der Waals surface area contributed by atoms with Crippen LogP contribution in [0.25, 0.3) is 0 Å². The first kappa shape index (κ1) is 15.2. The van der Waals surface area contributed by atoms with Gasteiger partial charge in [-0.25, -0.2) is 4.99 Å². The van der Waals surface area contributed by atoms with Crippen molar-refractivity contribution in [2.75, 3.05) is 18.5 Å². The van der Waals surface area contributed by atoms with Gasteiger partial charge in [0.15, 0.2) is 0 Å². The van der Waals surface area contributed by atoms with Crippen molar-refractivity contribution in [2.24, 2.45) is 4.99 Å². The lowest BCUT2D eigenvalue weighted by molar-refractivity contribution is 0.0769. The molecule has 4 heteroatoms. The molecule has 0 aliphatic carbocycles. The van der Waals surface area contributed by atoms with Gasteiger partial charge in [0.2, 0.25) is 0 Å². The van der Waals surface area contributed by atoms with Gasteiger partial charge >= 0.3 is 0 Å². The summed E-state index contributed by atoms with van der Waals surface area (Å²) < 4.78 is 5.60. The Kier molecular flexibility index (Phi) is 3.98. The van der Waals surface area contributed by atoms with E-state index in [4.69, 9.17) is 9.73 Å². The number of amidine groups is 1. The van der Waals surface area contributed by atoms with E-state index in [2.05, 4.69) is 60.0 Å². The number of nitrogens with one attached hydrogen (secondary N) is 2. The van der Waals surface area contributed by atoms with Gasteiger partial charge in [-0.15, -0.1) is 0 Å². The van der Waals surface area contributed by atoms with Crippen molar-refractivity contribution in [3.8, 4) is 0 Å². The van der Waals surface area contributed by atoms with E-state index in [0.717, 1.165) is 43.3 Å². The standard InChI is InChI=1S/C20H23N3O/c1-15(16-7-3-2-4-8-16)21-19-20(11-13-24-14-12-20)23-18-10-6-5-9-17(18)22-19/h2-10,15,23H,11-14H2,1H3,(H,21,22). The van der Waals surface area contributed by atoms with Gasteiger partial charge in [0.05, 0.1) is 16.9 Å². The molecule has 124 valence electrons. The SMILES string of the molecule is CC(NC1=Nc2ccccc2NC12CCOCC2)c1ccccc1. The molecule has 1 unspecified atom stereocenters. The highest BCUT2D eigenvalue weighted by Gasteiger charge is 2.41. The first-order valence-electron chi connectivity index (χ1n) is 8.62. The van der Waals surface area contributed by atoms with E-state index in [1.54, 1.807) is 0 Å². The lowest BCUT2D eigenvalue weighted by Gasteiger charge is -2.43. The number of ether oxygens (including phenoxy) is 1. The van der Waals surface area contributed by atoms with Crippen molar-refractivity contribution < 1.29 is 4.74 Å². The first-order valence-corrected chi connectivity index (χ1v) is 8.62. The maximum atomic E-state index is 5.60. The second kappa shape index (κ2) is 6.29. The van der Waals surface area contributed by atoms with E-state index < -0.39 is 0 Å². The minimum atomic E-state index is -0.157. The molecule has 1 fully saturated rings. The molecule has 2 N–H and O–H groups in total. The summed E-state index contributed by atoms with van der Waals surface area (Å²) in [5.74, 6) is 1.03. The summed E-state index contributed by atoms with van der Waals surface area (Å²) >= 11 is 0. The highest BCUT2D eigenvalue weighted by Crippen LogP contribution is 2.38. The molecule has 1 spiro atoms. The van der Waals surface area contributed by atoms with Crippen LogP contribution in [0.5, 0.6) is 0 Å². The molecule has 0 amide bonds. The molecule has 2 aliphatic rings. The Balaban J connectivity index is 1.68. The first-order chi connectivity index (χ1) is 11.8. The van der Waals surface area contributed by atoms with Crippen LogP contribution in [0.15, 0.2) is 59.6 Å². The minimum Gasteiger partial charge on any atom is -0.381 e. The molecule has 0 radical (unpaired) electrons. The van der Waals surface area contributed by atoms with Crippen LogP contribution in [0.4, 0.5) is 11.4 Å². The zero-order valence-corrected chi connectivity index (χ0v) is 14.0. The molecular formula is C20H23N3O. The molecule has 2 heterocycles. The quantitative estimate of drug-likeness (QED) is 0.877. The van der Waals surface area contributed by atoms with Crippen LogP contribution in [0.2, 0.25) is 0 Å². The van der Waals surface area contributed by atoms with E-state index in [1.807, 2.05) is 12.1 Å². The molecule has 2 aromatic carbocycles. The molecule has 0 aromatic heterocycles. The Labute approximate surface area is 143 Å². The maximum Gasteiger partial charge on any atom is 0.129 e. The summed E-state index contributed by atoms with van der Waals surface area (Å²) in [4.78, 5) is 4.98. The van der Waals surface area contributed by atoms with E-state index in [-0.39, 0.29) is 11.6 Å². The van der Waals surface area contributed by atoms with Crippen LogP contribution in [-0.2, 0) is 4.74 Å². The van der Waals surface area contributed by atoms with Gasteiger partial charge in [0.1, 0.15) is 5.84 Å². The van der Waals surface area contributed by atoms with Gasteiger partial charge in [-0.2, -0.15) is 0 Å². The molecule has 4 rings (SSSR count). The number of benzene rings is 2. The van der Waals surface area contributed by atoms with Crippen molar-refractivity contribution in [3.63, 3.8) is 0 Å². The second-order valence-corrected chi connectivity index (χ2v) is 6.57. The zero-order chi connectivity index (χ0) is 16.4. The Hall–Kier alpha value is -2.33. The molecule has 0 bridgehead atoms. The molecule has 1 atom stereocenters. The fourth-order valence-electron chi connectivity index (χ4n) is 3.50. The summed E-state index contributed by atoms with van der Waals surface area (Å²) in [6.45, 7) is 3.70. The number of anilines is 1. The molecule has 24 heavy (non-hydrogen) atoms. The topological polar surface area (TPSA) is 45.7 Å². The van der Waals surface area contributed by atoms with E-state index in [1.165, 1.54) is 5.56 Å². The lowest BCUT2D eigenvalue weighted by atomic mass is 9.86. The summed E-state index contributed by atoms with van der Waals surface area (Å²) in [5.41, 5.74) is 3.21. The fraction of sp³-hybridized carbons (Fsp3) is 0.350. The number of rotatable bonds is 2. The predicted molar refractivity (Wildman–Crippen MR) is 97.9 cm³/mol. The number of hydrogen-bond donors (Lipinski definition) is 2. The van der Waals surface area contributed by atoms with Crippen LogP contribution in [0.3, 0.4) is 0 Å². The average Bonchev–Trinajstić information content (AvgIpc) is 2.64. The van der Waals surface area contributed by atoms with Crippen LogP contribution in [0, 0.1) is 0 Å². The van der Waals surface area contributed by atoms with Crippen molar-refractivity contribution in [1.29, 1.82) is 0 Å². The number of aliphatic imine (C=N–C) groups is 1. The van der Waals surface area contributed by atoms with E-state index in [0.29, 0.717) is 0 Å². The van der Waals surface area contributed by atoms with Crippen LogP contribution < -0.4 is 10.6 Å². The highest BCUT2D eigenvalue weighted by atomic mass is 16.5. The van der Waals surface area contributed by atoms with Gasteiger partial charge in [0.25, 0.3) is 0 Å². The van der Waals surface area contributed by atoms with Crippen LogP contribution in [0.1, 0.15) is 31.4 Å². The van der Waals surface area contributed by atoms with Crippen molar-refractivity contribution in [3.05, 3.63) is 60.2 Å². The number of hydrogen-bond acceptors (Lipinski definition) is 4. The van der Waals surface area contributed by atoms with Gasteiger partial charge < -0.3 is 15.4 Å². The number of para-hydroxylation sites is 2. The molecular weight excluding hydrogens is 298 g/mol. The second-order valence-electron chi connectivity index (χ2n) is 6.57. The largest absolute Gasteiger partial charge is 0.381 e. The molecule has 4 nitrogen and oxygen atoms in total. The monoisotopic (exact) mass is 321 g/mol. The Morgan fingerprint density at radius 1 is 1.04 bits per heavy atom. The zero-order valence-electron chi connectivity index (χ0n) is 14.0. The van der Waals surface area contributed by atoms with E-state index >= 15 is 0 Å². The Morgan fingerprint density at radius 2 is 1.75 bits per heavy atom. The maximum absolute atomic E-state index is 5.60. The van der Waals surface area contributed by atoms with Crippen LogP contribution in [-0.4, -0.2) is 24.6 Å². The normalized spacial score (nSPS) is 19.8. The van der Waals surface area contributed by atoms with Crippen molar-refractivity contribution in [1.82, 2.24) is 5.32 Å². The molecule has 1 saturated heterocycles. The molecule has 2 aromatic rings. The third-order valence-corrected chi connectivity index (χ3v) is 4.96. The Bertz CT molecular complexity index is 736. The van der Waals surface area contributed by atoms with Gasteiger partial charge in [-0.1, -0.05) is 42.5 Å². The summed E-state index contributed by atoms with van der Waals surface area (Å²) in [6.07, 6.45) is 1.85. The van der Waals surface area contributed by atoms with Crippen molar-refractivity contribution >= 4 is 17.2 Å². The summed E-state index contributed by atoms with van der Waals surface area (Å²) in [7, 11) is 0. The molecule has 2 aliphatic heterocycles. The van der Waals surface area contributed by atoms with Gasteiger partial charge in [0, 0.05) is 32.1 Å². The predicted octanol–water partition coefficient (Wildman–Crippen LogP) is 4.04. The van der Waals surface area contributed by atoms with E-state index in [9.17, 15) is 0 Å². The third kappa shape index (κ3) is 2.78. The lowest BCUT2D eigenvalue weighted by Crippen LogP contribution is -2.57. The summed E-state index contributed by atoms with van der Waals surface area (Å²) in [5, 5.41) is 7.41. The number of nitrogens with zero attached hydrogens (tertiary/aromatic N) is 1. The number of fused-ring (bicyclic) bond motifs is 1. The smallest absolute Gasteiger partial charge is 0.129 e. The van der Waals surface area contributed by atoms with Gasteiger partial charge in [-0.3, -0.25) is 0 Å². The fourth-order valence-corrected chi connectivity index (χ4v) is 3.50. The minimum absolute atomic E-state index is 0.157.